The second kappa shape index (κ2) is 7.35. The molecule has 0 unspecified atom stereocenters. The maximum absolute atomic E-state index is 12.1. The van der Waals surface area contributed by atoms with Gasteiger partial charge in [0.2, 0.25) is 12.3 Å². The number of nitrogens with zero attached hydrogens (tertiary/aromatic N) is 3. The first kappa shape index (κ1) is 16.3. The summed E-state index contributed by atoms with van der Waals surface area (Å²) in [5, 5.41) is 10.5. The Labute approximate surface area is 150 Å². The molecule has 0 atom stereocenters. The third-order valence-corrected chi connectivity index (χ3v) is 4.40. The maximum Gasteiger partial charge on any atom is 0.412 e. The van der Waals surface area contributed by atoms with Crippen LogP contribution < -0.4 is 10.1 Å². The first-order valence-corrected chi connectivity index (χ1v) is 8.58. The maximum atomic E-state index is 12.1. The zero-order chi connectivity index (χ0) is 17.8. The van der Waals surface area contributed by atoms with Gasteiger partial charge in [-0.2, -0.15) is 0 Å². The molecule has 2 heterocycles. The number of hydrogen-bond acceptors (Lipinski definition) is 6. The molecule has 1 aromatic carbocycles. The van der Waals surface area contributed by atoms with Gasteiger partial charge in [0.15, 0.2) is 0 Å². The van der Waals surface area contributed by atoms with Crippen LogP contribution in [0, 0.1) is 0 Å². The highest BCUT2D eigenvalue weighted by Gasteiger charge is 2.18. The fourth-order valence-electron chi connectivity index (χ4n) is 3.13. The molecule has 4 rings (SSSR count). The lowest BCUT2D eigenvalue weighted by atomic mass is 10.1. The molecule has 1 N–H and O–H groups in total. The highest BCUT2D eigenvalue weighted by atomic mass is 16.6. The summed E-state index contributed by atoms with van der Waals surface area (Å²) < 4.78 is 10.6. The number of carbonyl (C=O) groups is 1. The van der Waals surface area contributed by atoms with Crippen LogP contribution in [0.5, 0.6) is 5.75 Å². The van der Waals surface area contributed by atoms with Crippen molar-refractivity contribution in [2.24, 2.45) is 0 Å². The Morgan fingerprint density at radius 2 is 1.96 bits per heavy atom. The lowest BCUT2D eigenvalue weighted by Crippen LogP contribution is -2.34. The quantitative estimate of drug-likeness (QED) is 0.769. The van der Waals surface area contributed by atoms with E-state index in [0.717, 1.165) is 42.4 Å². The van der Waals surface area contributed by atoms with Crippen molar-refractivity contribution in [3.8, 4) is 28.3 Å². The molecule has 0 bridgehead atoms. The molecule has 0 radical (unpaired) electrons. The molecule has 0 spiro atoms. The van der Waals surface area contributed by atoms with Crippen molar-refractivity contribution in [2.75, 3.05) is 0 Å². The van der Waals surface area contributed by atoms with E-state index in [2.05, 4.69) is 20.5 Å². The normalized spacial score (nSPS) is 14.3. The van der Waals surface area contributed by atoms with Gasteiger partial charge in [-0.05, 0) is 36.6 Å². The van der Waals surface area contributed by atoms with Gasteiger partial charge in [-0.15, -0.1) is 10.2 Å². The van der Waals surface area contributed by atoms with E-state index in [0.29, 0.717) is 11.6 Å². The molecule has 7 nitrogen and oxygen atoms in total. The average Bonchev–Trinajstić information content (AvgIpc) is 3.36. The predicted molar refractivity (Wildman–Crippen MR) is 94.4 cm³/mol. The van der Waals surface area contributed by atoms with Crippen molar-refractivity contribution in [3.05, 3.63) is 49.1 Å². The fraction of sp³-hybridized carbons (Fsp3) is 0.263. The molecule has 0 saturated heterocycles. The number of hydrogen-bond donors (Lipinski definition) is 1. The monoisotopic (exact) mass is 350 g/mol. The minimum atomic E-state index is -0.410. The van der Waals surface area contributed by atoms with Crippen molar-refractivity contribution in [2.45, 2.75) is 31.7 Å². The first-order valence-electron chi connectivity index (χ1n) is 8.58. The minimum absolute atomic E-state index is 0.223. The summed E-state index contributed by atoms with van der Waals surface area (Å²) in [6, 6.07) is 9.46. The topological polar surface area (TPSA) is 90.1 Å². The molecule has 2 aromatic heterocycles. The predicted octanol–water partition coefficient (Wildman–Crippen LogP) is 3.83. The second-order valence-electron chi connectivity index (χ2n) is 6.25. The van der Waals surface area contributed by atoms with E-state index in [1.165, 1.54) is 6.39 Å². The van der Waals surface area contributed by atoms with Gasteiger partial charge in [0.25, 0.3) is 0 Å². The largest absolute Gasteiger partial charge is 0.423 e. The molecule has 7 heteroatoms. The number of carbonyl (C=O) groups excluding carboxylic acids is 1. The van der Waals surface area contributed by atoms with Gasteiger partial charge in [-0.3, -0.25) is 4.98 Å². The van der Waals surface area contributed by atoms with E-state index >= 15 is 0 Å². The molecular formula is C19H18N4O3. The Morgan fingerprint density at radius 1 is 1.12 bits per heavy atom. The number of amides is 1. The number of aromatic nitrogens is 3. The Morgan fingerprint density at radius 3 is 2.77 bits per heavy atom. The lowest BCUT2D eigenvalue weighted by Gasteiger charge is -2.12. The van der Waals surface area contributed by atoms with Gasteiger partial charge in [0, 0.05) is 24.0 Å². The zero-order valence-corrected chi connectivity index (χ0v) is 14.1. The number of pyridine rings is 1. The van der Waals surface area contributed by atoms with Crippen molar-refractivity contribution in [1.82, 2.24) is 20.5 Å². The number of rotatable bonds is 4. The van der Waals surface area contributed by atoms with Gasteiger partial charge < -0.3 is 14.5 Å². The van der Waals surface area contributed by atoms with Gasteiger partial charge in [-0.25, -0.2) is 4.79 Å². The third kappa shape index (κ3) is 3.72. The molecule has 132 valence electrons. The molecule has 1 aliphatic carbocycles. The Hall–Kier alpha value is -3.22. The molecule has 0 aliphatic heterocycles. The van der Waals surface area contributed by atoms with Crippen LogP contribution in [0.2, 0.25) is 0 Å². The summed E-state index contributed by atoms with van der Waals surface area (Å²) in [4.78, 5) is 16.3. The second-order valence-corrected chi connectivity index (χ2v) is 6.25. The van der Waals surface area contributed by atoms with E-state index < -0.39 is 6.09 Å². The SMILES string of the molecule is O=C(NC1CCCC1)Oc1cccc(-c2cncc(-c3nnco3)c2)c1. The highest BCUT2D eigenvalue weighted by molar-refractivity contribution is 5.73. The van der Waals surface area contributed by atoms with Crippen molar-refractivity contribution >= 4 is 6.09 Å². The first-order chi connectivity index (χ1) is 12.8. The van der Waals surface area contributed by atoms with Crippen LogP contribution in [0.4, 0.5) is 4.79 Å². The summed E-state index contributed by atoms with van der Waals surface area (Å²) in [6.07, 6.45) is 8.61. The van der Waals surface area contributed by atoms with Crippen LogP contribution in [0.25, 0.3) is 22.6 Å². The number of benzene rings is 1. The van der Waals surface area contributed by atoms with Crippen LogP contribution in [-0.4, -0.2) is 27.3 Å². The fourth-order valence-corrected chi connectivity index (χ4v) is 3.13. The Bertz CT molecular complexity index is 889. The average molecular weight is 350 g/mol. The molecule has 26 heavy (non-hydrogen) atoms. The Kier molecular flexibility index (Phi) is 4.59. The van der Waals surface area contributed by atoms with E-state index in [4.69, 9.17) is 9.15 Å². The molecule has 1 saturated carbocycles. The van der Waals surface area contributed by atoms with Gasteiger partial charge in [-0.1, -0.05) is 25.0 Å². The minimum Gasteiger partial charge on any atom is -0.423 e. The van der Waals surface area contributed by atoms with E-state index in [1.54, 1.807) is 18.5 Å². The van der Waals surface area contributed by atoms with E-state index in [-0.39, 0.29) is 6.04 Å². The molecule has 1 aliphatic rings. The van der Waals surface area contributed by atoms with Crippen molar-refractivity contribution in [3.63, 3.8) is 0 Å². The molecule has 3 aromatic rings. The zero-order valence-electron chi connectivity index (χ0n) is 14.1. The number of nitrogens with one attached hydrogen (secondary N) is 1. The standard InChI is InChI=1S/C19H18N4O3/c24-19(22-16-5-1-2-6-16)26-17-7-3-4-13(9-17)14-8-15(11-20-10-14)18-23-21-12-25-18/h3-4,7-12,16H,1-2,5-6H2,(H,22,24). The van der Waals surface area contributed by atoms with Crippen LogP contribution in [-0.2, 0) is 0 Å². The Balaban J connectivity index is 1.50. The van der Waals surface area contributed by atoms with Gasteiger partial charge in [0.1, 0.15) is 5.75 Å². The summed E-state index contributed by atoms with van der Waals surface area (Å²) >= 11 is 0. The lowest BCUT2D eigenvalue weighted by molar-refractivity contribution is 0.196. The molecular weight excluding hydrogens is 332 g/mol. The number of ether oxygens (including phenoxy) is 1. The van der Waals surface area contributed by atoms with Gasteiger partial charge >= 0.3 is 6.09 Å². The van der Waals surface area contributed by atoms with E-state index in [1.807, 2.05) is 24.3 Å². The highest BCUT2D eigenvalue weighted by Crippen LogP contribution is 2.27. The summed E-state index contributed by atoms with van der Waals surface area (Å²) in [5.74, 6) is 0.892. The van der Waals surface area contributed by atoms with Crippen LogP contribution in [0.3, 0.4) is 0 Å². The van der Waals surface area contributed by atoms with Gasteiger partial charge in [0.05, 0.1) is 5.56 Å². The molecule has 1 amide bonds. The van der Waals surface area contributed by atoms with E-state index in [9.17, 15) is 4.79 Å². The molecule has 1 fully saturated rings. The summed E-state index contributed by atoms with van der Waals surface area (Å²) in [6.45, 7) is 0. The van der Waals surface area contributed by atoms with Crippen molar-refractivity contribution in [1.29, 1.82) is 0 Å². The summed E-state index contributed by atoms with van der Waals surface area (Å²) in [5.41, 5.74) is 2.47. The summed E-state index contributed by atoms with van der Waals surface area (Å²) in [7, 11) is 0. The van der Waals surface area contributed by atoms with Crippen molar-refractivity contribution < 1.29 is 13.9 Å². The van der Waals surface area contributed by atoms with Crippen LogP contribution in [0.15, 0.2) is 53.5 Å². The van der Waals surface area contributed by atoms with Crippen LogP contribution in [0.1, 0.15) is 25.7 Å². The third-order valence-electron chi connectivity index (χ3n) is 4.40. The smallest absolute Gasteiger partial charge is 0.412 e. The van der Waals surface area contributed by atoms with Crippen LogP contribution >= 0.6 is 0 Å².